The van der Waals surface area contributed by atoms with Crippen LogP contribution in [0.4, 0.5) is 0 Å². The first-order chi connectivity index (χ1) is 11.1. The van der Waals surface area contributed by atoms with Crippen molar-refractivity contribution in [3.05, 3.63) is 70.3 Å². The van der Waals surface area contributed by atoms with Gasteiger partial charge in [0.1, 0.15) is 17.4 Å². The number of halogens is 1. The summed E-state index contributed by atoms with van der Waals surface area (Å²) in [6.07, 6.45) is 1.54. The highest BCUT2D eigenvalue weighted by molar-refractivity contribution is 6.30. The van der Waals surface area contributed by atoms with Gasteiger partial charge >= 0.3 is 0 Å². The molecule has 0 aliphatic heterocycles. The van der Waals surface area contributed by atoms with Gasteiger partial charge in [0.15, 0.2) is 0 Å². The Hall–Kier alpha value is -2.77. The first-order valence-corrected chi connectivity index (χ1v) is 7.28. The van der Waals surface area contributed by atoms with E-state index in [0.29, 0.717) is 17.3 Å². The summed E-state index contributed by atoms with van der Waals surface area (Å²) < 4.78 is 5.07. The summed E-state index contributed by atoms with van der Waals surface area (Å²) >= 11 is 5.81. The Balaban J connectivity index is 2.04. The van der Waals surface area contributed by atoms with Crippen molar-refractivity contribution in [2.45, 2.75) is 6.54 Å². The Labute approximate surface area is 140 Å². The molecule has 2 rings (SSSR count). The molecule has 4 nitrogen and oxygen atoms in total. The smallest absolute Gasteiger partial charge is 0.262 e. The highest BCUT2D eigenvalue weighted by Gasteiger charge is 2.08. The molecule has 116 valence electrons. The van der Waals surface area contributed by atoms with E-state index in [-0.39, 0.29) is 5.57 Å². The van der Waals surface area contributed by atoms with Crippen molar-refractivity contribution in [1.82, 2.24) is 5.32 Å². The van der Waals surface area contributed by atoms with E-state index >= 15 is 0 Å². The topological polar surface area (TPSA) is 62.1 Å². The van der Waals surface area contributed by atoms with Crippen LogP contribution in [0.15, 0.2) is 54.1 Å². The number of ether oxygens (including phenoxy) is 1. The second-order valence-electron chi connectivity index (χ2n) is 4.75. The molecule has 1 N–H and O–H groups in total. The van der Waals surface area contributed by atoms with Crippen LogP contribution in [0.3, 0.4) is 0 Å². The van der Waals surface area contributed by atoms with Crippen molar-refractivity contribution in [2.24, 2.45) is 0 Å². The van der Waals surface area contributed by atoms with Gasteiger partial charge in [0.2, 0.25) is 0 Å². The van der Waals surface area contributed by atoms with E-state index in [0.717, 1.165) is 11.1 Å². The van der Waals surface area contributed by atoms with Crippen LogP contribution < -0.4 is 10.1 Å². The molecular formula is C18H15ClN2O2. The minimum Gasteiger partial charge on any atom is -0.497 e. The summed E-state index contributed by atoms with van der Waals surface area (Å²) in [6.45, 7) is 0.331. The summed E-state index contributed by atoms with van der Waals surface area (Å²) in [5.41, 5.74) is 1.71. The SMILES string of the molecule is COc1ccc(/C=C(\C#N)C(=O)NCc2ccc(Cl)cc2)cc1. The molecule has 23 heavy (non-hydrogen) atoms. The number of nitrogens with zero attached hydrogens (tertiary/aromatic N) is 1. The van der Waals surface area contributed by atoms with Crippen molar-refractivity contribution in [3.8, 4) is 11.8 Å². The first-order valence-electron chi connectivity index (χ1n) is 6.91. The van der Waals surface area contributed by atoms with E-state index in [9.17, 15) is 10.1 Å². The first kappa shape index (κ1) is 16.6. The van der Waals surface area contributed by atoms with Crippen molar-refractivity contribution in [1.29, 1.82) is 5.26 Å². The summed E-state index contributed by atoms with van der Waals surface area (Å²) in [5.74, 6) is 0.297. The fourth-order valence-electron chi connectivity index (χ4n) is 1.90. The van der Waals surface area contributed by atoms with Gasteiger partial charge in [-0.25, -0.2) is 0 Å². The van der Waals surface area contributed by atoms with Gasteiger partial charge in [0.25, 0.3) is 5.91 Å². The zero-order chi connectivity index (χ0) is 16.7. The highest BCUT2D eigenvalue weighted by atomic mass is 35.5. The maximum atomic E-state index is 12.1. The molecule has 0 radical (unpaired) electrons. The molecule has 2 aromatic rings. The molecule has 0 heterocycles. The molecule has 0 aliphatic rings. The number of rotatable bonds is 5. The Bertz CT molecular complexity index is 744. The molecule has 1 amide bonds. The minimum absolute atomic E-state index is 0.0455. The second kappa shape index (κ2) is 8.02. The number of carbonyl (C=O) groups is 1. The number of nitriles is 1. The number of benzene rings is 2. The average molecular weight is 327 g/mol. The molecule has 0 spiro atoms. The molecule has 0 fully saturated rings. The van der Waals surface area contributed by atoms with Crippen LogP contribution in [-0.2, 0) is 11.3 Å². The van der Waals surface area contributed by atoms with E-state index in [4.69, 9.17) is 16.3 Å². The molecule has 5 heteroatoms. The van der Waals surface area contributed by atoms with Gasteiger partial charge in [0.05, 0.1) is 7.11 Å². The third-order valence-electron chi connectivity index (χ3n) is 3.16. The van der Waals surface area contributed by atoms with Gasteiger partial charge in [-0.05, 0) is 41.5 Å². The number of carbonyl (C=O) groups excluding carboxylic acids is 1. The Morgan fingerprint density at radius 2 is 1.87 bits per heavy atom. The van der Waals surface area contributed by atoms with Crippen LogP contribution in [0.2, 0.25) is 5.02 Å². The molecule has 0 saturated carbocycles. The Morgan fingerprint density at radius 1 is 1.22 bits per heavy atom. The Kier molecular flexibility index (Phi) is 5.79. The summed E-state index contributed by atoms with van der Waals surface area (Å²) in [5, 5.41) is 12.5. The summed E-state index contributed by atoms with van der Waals surface area (Å²) in [6, 6.07) is 16.2. The lowest BCUT2D eigenvalue weighted by Crippen LogP contribution is -2.23. The zero-order valence-electron chi connectivity index (χ0n) is 12.5. The lowest BCUT2D eigenvalue weighted by atomic mass is 10.1. The monoisotopic (exact) mass is 326 g/mol. The van der Waals surface area contributed by atoms with Crippen molar-refractivity contribution >= 4 is 23.6 Å². The van der Waals surface area contributed by atoms with Crippen LogP contribution in [-0.4, -0.2) is 13.0 Å². The number of nitrogens with one attached hydrogen (secondary N) is 1. The van der Waals surface area contributed by atoms with Crippen LogP contribution in [0, 0.1) is 11.3 Å². The molecule has 0 unspecified atom stereocenters. The highest BCUT2D eigenvalue weighted by Crippen LogP contribution is 2.14. The molecule has 2 aromatic carbocycles. The van der Waals surface area contributed by atoms with Crippen LogP contribution in [0.25, 0.3) is 6.08 Å². The standard InChI is InChI=1S/C18H15ClN2O2/c1-23-17-8-4-13(5-9-17)10-15(11-20)18(22)21-12-14-2-6-16(19)7-3-14/h2-10H,12H2,1H3,(H,21,22)/b15-10+. The summed E-state index contributed by atoms with van der Waals surface area (Å²) in [7, 11) is 1.58. The number of methoxy groups -OCH3 is 1. The van der Waals surface area contributed by atoms with Gasteiger partial charge in [-0.2, -0.15) is 5.26 Å². The van der Waals surface area contributed by atoms with E-state index < -0.39 is 5.91 Å². The van der Waals surface area contributed by atoms with Crippen molar-refractivity contribution in [3.63, 3.8) is 0 Å². The minimum atomic E-state index is -0.418. The number of amides is 1. The van der Waals surface area contributed by atoms with Crippen LogP contribution in [0.1, 0.15) is 11.1 Å². The van der Waals surface area contributed by atoms with Gasteiger partial charge in [-0.15, -0.1) is 0 Å². The molecule has 0 bridgehead atoms. The molecule has 0 atom stereocenters. The molecule has 0 aromatic heterocycles. The lowest BCUT2D eigenvalue weighted by Gasteiger charge is -2.05. The van der Waals surface area contributed by atoms with E-state index in [1.54, 1.807) is 43.5 Å². The van der Waals surface area contributed by atoms with Gasteiger partial charge in [-0.1, -0.05) is 35.9 Å². The third kappa shape index (κ3) is 4.87. The van der Waals surface area contributed by atoms with E-state index in [1.807, 2.05) is 18.2 Å². The van der Waals surface area contributed by atoms with Crippen molar-refractivity contribution in [2.75, 3.05) is 7.11 Å². The van der Waals surface area contributed by atoms with Crippen LogP contribution in [0.5, 0.6) is 5.75 Å². The maximum absolute atomic E-state index is 12.1. The summed E-state index contributed by atoms with van der Waals surface area (Å²) in [4.78, 5) is 12.1. The lowest BCUT2D eigenvalue weighted by molar-refractivity contribution is -0.117. The van der Waals surface area contributed by atoms with E-state index in [2.05, 4.69) is 5.32 Å². The third-order valence-corrected chi connectivity index (χ3v) is 3.41. The predicted octanol–water partition coefficient (Wildman–Crippen LogP) is 3.57. The predicted molar refractivity (Wildman–Crippen MR) is 89.9 cm³/mol. The average Bonchev–Trinajstić information content (AvgIpc) is 2.59. The quantitative estimate of drug-likeness (QED) is 0.675. The normalized spacial score (nSPS) is 10.7. The van der Waals surface area contributed by atoms with Crippen molar-refractivity contribution < 1.29 is 9.53 Å². The van der Waals surface area contributed by atoms with Gasteiger partial charge in [0, 0.05) is 11.6 Å². The largest absolute Gasteiger partial charge is 0.497 e. The van der Waals surface area contributed by atoms with Crippen LogP contribution >= 0.6 is 11.6 Å². The fraction of sp³-hybridized carbons (Fsp3) is 0.111. The zero-order valence-corrected chi connectivity index (χ0v) is 13.3. The number of hydrogen-bond acceptors (Lipinski definition) is 3. The molecule has 0 saturated heterocycles. The second-order valence-corrected chi connectivity index (χ2v) is 5.19. The van der Waals surface area contributed by atoms with E-state index in [1.165, 1.54) is 6.08 Å². The van der Waals surface area contributed by atoms with Gasteiger partial charge < -0.3 is 10.1 Å². The molecular weight excluding hydrogens is 312 g/mol. The molecule has 0 aliphatic carbocycles. The van der Waals surface area contributed by atoms with Gasteiger partial charge in [-0.3, -0.25) is 4.79 Å². The fourth-order valence-corrected chi connectivity index (χ4v) is 2.02. The Morgan fingerprint density at radius 3 is 2.43 bits per heavy atom. The maximum Gasteiger partial charge on any atom is 0.262 e. The number of hydrogen-bond donors (Lipinski definition) is 1.